The number of pyridine rings is 1. The lowest BCUT2D eigenvalue weighted by atomic mass is 9.99. The molecule has 0 bridgehead atoms. The van der Waals surface area contributed by atoms with Crippen molar-refractivity contribution in [2.75, 3.05) is 0 Å². The van der Waals surface area contributed by atoms with Crippen LogP contribution in [0.3, 0.4) is 0 Å². The Labute approximate surface area is 143 Å². The lowest BCUT2D eigenvalue weighted by molar-refractivity contribution is 0.878. The third-order valence-corrected chi connectivity index (χ3v) is 4.48. The van der Waals surface area contributed by atoms with Crippen molar-refractivity contribution in [3.63, 3.8) is 0 Å². The fourth-order valence-electron chi connectivity index (χ4n) is 3.38. The molecular weight excluding hydrogens is 310 g/mol. The molecule has 5 heteroatoms. The predicted octanol–water partition coefficient (Wildman–Crippen LogP) is 4.27. The molecule has 0 saturated heterocycles. The Morgan fingerprint density at radius 2 is 1.64 bits per heavy atom. The Morgan fingerprint density at radius 1 is 0.920 bits per heavy atom. The van der Waals surface area contributed by atoms with Crippen molar-refractivity contribution in [1.82, 2.24) is 25.0 Å². The van der Waals surface area contributed by atoms with Gasteiger partial charge in [-0.25, -0.2) is 9.67 Å². The van der Waals surface area contributed by atoms with Crippen molar-refractivity contribution in [3.8, 4) is 16.8 Å². The van der Waals surface area contributed by atoms with Crippen LogP contribution in [-0.4, -0.2) is 25.0 Å². The number of aromatic amines is 1. The SMILES string of the molecule is Cc1[nH]n(-c2ccccc2)c2nc3nncc3c(-c3ccccc3)c12. The molecular formula is C20H15N5. The molecule has 25 heavy (non-hydrogen) atoms. The molecule has 0 unspecified atom stereocenters. The highest BCUT2D eigenvalue weighted by molar-refractivity contribution is 6.08. The molecule has 120 valence electrons. The Hall–Kier alpha value is -3.47. The highest BCUT2D eigenvalue weighted by Gasteiger charge is 2.19. The van der Waals surface area contributed by atoms with E-state index in [1.807, 2.05) is 41.1 Å². The van der Waals surface area contributed by atoms with E-state index in [4.69, 9.17) is 4.98 Å². The summed E-state index contributed by atoms with van der Waals surface area (Å²) < 4.78 is 2.01. The number of hydrogen-bond donors (Lipinski definition) is 1. The van der Waals surface area contributed by atoms with Crippen molar-refractivity contribution >= 4 is 22.1 Å². The van der Waals surface area contributed by atoms with Gasteiger partial charge in [-0.2, -0.15) is 5.10 Å². The van der Waals surface area contributed by atoms with E-state index >= 15 is 0 Å². The van der Waals surface area contributed by atoms with E-state index in [0.29, 0.717) is 5.65 Å². The average molecular weight is 325 g/mol. The summed E-state index contributed by atoms with van der Waals surface area (Å²) in [5, 5.41) is 13.8. The standard InChI is InChI=1S/C20H15N5/c1-13-17-18(14-8-4-2-5-9-14)16-12-21-23-19(16)22-20(17)25(24-13)15-10-6-3-7-11-15/h2-12,24H,1H3. The van der Waals surface area contributed by atoms with Crippen LogP contribution in [0.1, 0.15) is 5.69 Å². The molecule has 2 aromatic carbocycles. The van der Waals surface area contributed by atoms with E-state index in [0.717, 1.165) is 38.9 Å². The molecule has 0 saturated carbocycles. The first-order chi connectivity index (χ1) is 12.3. The Bertz CT molecular complexity index is 1190. The summed E-state index contributed by atoms with van der Waals surface area (Å²) in [5.41, 5.74) is 5.87. The fourth-order valence-corrected chi connectivity index (χ4v) is 3.38. The first-order valence-electron chi connectivity index (χ1n) is 8.16. The van der Waals surface area contributed by atoms with E-state index in [-0.39, 0.29) is 0 Å². The Kier molecular flexibility index (Phi) is 2.94. The first-order valence-corrected chi connectivity index (χ1v) is 8.16. The van der Waals surface area contributed by atoms with E-state index in [1.54, 1.807) is 6.20 Å². The molecule has 0 aliphatic rings. The van der Waals surface area contributed by atoms with Gasteiger partial charge < -0.3 is 0 Å². The highest BCUT2D eigenvalue weighted by atomic mass is 15.3. The summed E-state index contributed by atoms with van der Waals surface area (Å²) in [6.07, 6.45) is 1.80. The number of hydrogen-bond acceptors (Lipinski definition) is 3. The molecule has 1 N–H and O–H groups in total. The lowest BCUT2D eigenvalue weighted by Gasteiger charge is -2.07. The first kappa shape index (κ1) is 13.9. The van der Waals surface area contributed by atoms with Crippen molar-refractivity contribution < 1.29 is 0 Å². The van der Waals surface area contributed by atoms with Crippen molar-refractivity contribution in [1.29, 1.82) is 0 Å². The summed E-state index contributed by atoms with van der Waals surface area (Å²) >= 11 is 0. The summed E-state index contributed by atoms with van der Waals surface area (Å²) in [4.78, 5) is 4.78. The van der Waals surface area contributed by atoms with Crippen LogP contribution in [0, 0.1) is 6.92 Å². The third-order valence-electron chi connectivity index (χ3n) is 4.48. The highest BCUT2D eigenvalue weighted by Crippen LogP contribution is 2.36. The average Bonchev–Trinajstić information content (AvgIpc) is 3.26. The number of fused-ring (bicyclic) bond motifs is 2. The molecule has 0 radical (unpaired) electrons. The van der Waals surface area contributed by atoms with Gasteiger partial charge in [0.15, 0.2) is 11.3 Å². The monoisotopic (exact) mass is 325 g/mol. The van der Waals surface area contributed by atoms with Gasteiger partial charge in [-0.1, -0.05) is 48.5 Å². The second kappa shape index (κ2) is 5.27. The summed E-state index contributed by atoms with van der Waals surface area (Å²) in [5.74, 6) is 0. The third kappa shape index (κ3) is 2.06. The van der Waals surface area contributed by atoms with Gasteiger partial charge in [0, 0.05) is 22.0 Å². The number of nitrogens with zero attached hydrogens (tertiary/aromatic N) is 4. The second-order valence-corrected chi connectivity index (χ2v) is 6.04. The molecule has 5 rings (SSSR count). The van der Waals surface area contributed by atoms with Gasteiger partial charge in [0.1, 0.15) is 0 Å². The maximum Gasteiger partial charge on any atom is 0.186 e. The maximum absolute atomic E-state index is 4.78. The number of aromatic nitrogens is 5. The molecule has 0 spiro atoms. The van der Waals surface area contributed by atoms with Gasteiger partial charge >= 0.3 is 0 Å². The normalized spacial score (nSPS) is 11.4. The molecule has 0 aliphatic carbocycles. The van der Waals surface area contributed by atoms with Gasteiger partial charge in [0.2, 0.25) is 0 Å². The van der Waals surface area contributed by atoms with Crippen LogP contribution in [0.4, 0.5) is 0 Å². The molecule has 0 amide bonds. The summed E-state index contributed by atoms with van der Waals surface area (Å²) in [6, 6.07) is 20.5. The number of benzene rings is 2. The number of aryl methyl sites for hydroxylation is 1. The second-order valence-electron chi connectivity index (χ2n) is 6.04. The number of para-hydroxylation sites is 1. The van der Waals surface area contributed by atoms with E-state index < -0.39 is 0 Å². The Morgan fingerprint density at radius 3 is 2.40 bits per heavy atom. The van der Waals surface area contributed by atoms with E-state index in [2.05, 4.69) is 46.5 Å². The van der Waals surface area contributed by atoms with Crippen LogP contribution >= 0.6 is 0 Å². The van der Waals surface area contributed by atoms with Crippen molar-refractivity contribution in [2.45, 2.75) is 6.92 Å². The largest absolute Gasteiger partial charge is 0.296 e. The smallest absolute Gasteiger partial charge is 0.186 e. The van der Waals surface area contributed by atoms with Gasteiger partial charge in [0.25, 0.3) is 0 Å². The quantitative estimate of drug-likeness (QED) is 0.527. The zero-order chi connectivity index (χ0) is 16.8. The zero-order valence-corrected chi connectivity index (χ0v) is 13.6. The molecule has 3 heterocycles. The predicted molar refractivity (Wildman–Crippen MR) is 98.7 cm³/mol. The fraction of sp³-hybridized carbons (Fsp3) is 0.0500. The molecule has 0 fully saturated rings. The van der Waals surface area contributed by atoms with E-state index in [9.17, 15) is 0 Å². The van der Waals surface area contributed by atoms with Gasteiger partial charge in [-0.05, 0) is 24.6 Å². The van der Waals surface area contributed by atoms with Crippen molar-refractivity contribution in [2.24, 2.45) is 0 Å². The molecule has 0 atom stereocenters. The van der Waals surface area contributed by atoms with Crippen LogP contribution < -0.4 is 0 Å². The zero-order valence-electron chi connectivity index (χ0n) is 13.6. The van der Waals surface area contributed by atoms with Crippen LogP contribution in [0.5, 0.6) is 0 Å². The van der Waals surface area contributed by atoms with Gasteiger partial charge in [-0.15, -0.1) is 5.10 Å². The molecule has 3 aromatic heterocycles. The summed E-state index contributed by atoms with van der Waals surface area (Å²) in [6.45, 7) is 2.07. The van der Waals surface area contributed by atoms with Crippen molar-refractivity contribution in [3.05, 3.63) is 72.6 Å². The van der Waals surface area contributed by atoms with Gasteiger partial charge in [0.05, 0.1) is 11.9 Å². The molecule has 5 nitrogen and oxygen atoms in total. The van der Waals surface area contributed by atoms with Crippen LogP contribution in [0.2, 0.25) is 0 Å². The number of nitrogens with one attached hydrogen (secondary N) is 1. The minimum Gasteiger partial charge on any atom is -0.296 e. The summed E-state index contributed by atoms with van der Waals surface area (Å²) in [7, 11) is 0. The van der Waals surface area contributed by atoms with Crippen LogP contribution in [0.25, 0.3) is 38.9 Å². The molecule has 0 aliphatic heterocycles. The maximum atomic E-state index is 4.78. The Balaban J connectivity index is 1.95. The minimum absolute atomic E-state index is 0.662. The minimum atomic E-state index is 0.662. The van der Waals surface area contributed by atoms with Crippen LogP contribution in [0.15, 0.2) is 66.9 Å². The number of rotatable bonds is 2. The lowest BCUT2D eigenvalue weighted by Crippen LogP contribution is -1.98. The molecule has 5 aromatic rings. The van der Waals surface area contributed by atoms with Gasteiger partial charge in [-0.3, -0.25) is 5.10 Å². The number of H-pyrrole nitrogens is 1. The van der Waals surface area contributed by atoms with E-state index in [1.165, 1.54) is 0 Å². The van der Waals surface area contributed by atoms with Crippen LogP contribution in [-0.2, 0) is 0 Å². The topological polar surface area (TPSA) is 59.4 Å².